The van der Waals surface area contributed by atoms with Crippen LogP contribution in [0.5, 0.6) is 0 Å². The third-order valence-electron chi connectivity index (χ3n) is 8.67. The molecular weight excluding hydrogens is 548 g/mol. The number of nitrogens with one attached hydrogen (secondary N) is 4. The van der Waals surface area contributed by atoms with Crippen LogP contribution in [0.2, 0.25) is 0 Å². The van der Waals surface area contributed by atoms with E-state index in [1.807, 2.05) is 48.5 Å². The van der Waals surface area contributed by atoms with Crippen molar-refractivity contribution in [2.45, 2.75) is 76.3 Å². The van der Waals surface area contributed by atoms with Gasteiger partial charge >= 0.3 is 0 Å². The third-order valence-corrected chi connectivity index (χ3v) is 8.67. The van der Waals surface area contributed by atoms with Crippen molar-refractivity contribution in [3.8, 4) is 11.3 Å². The number of carbonyl (C=O) groups is 3. The van der Waals surface area contributed by atoms with Gasteiger partial charge < -0.3 is 25.7 Å². The van der Waals surface area contributed by atoms with Crippen LogP contribution in [0.4, 0.5) is 0 Å². The molecule has 4 N–H and O–H groups in total. The lowest BCUT2D eigenvalue weighted by atomic mass is 9.84. The molecule has 5 rings (SSSR count). The van der Waals surface area contributed by atoms with Crippen molar-refractivity contribution in [1.82, 2.24) is 20.9 Å². The van der Waals surface area contributed by atoms with Crippen LogP contribution in [-0.2, 0) is 20.8 Å². The van der Waals surface area contributed by atoms with Gasteiger partial charge in [-0.25, -0.2) is 0 Å². The molecule has 44 heavy (non-hydrogen) atoms. The van der Waals surface area contributed by atoms with Gasteiger partial charge in [-0.15, -0.1) is 0 Å². The van der Waals surface area contributed by atoms with Gasteiger partial charge in [-0.1, -0.05) is 91.7 Å². The zero-order valence-corrected chi connectivity index (χ0v) is 25.6. The van der Waals surface area contributed by atoms with E-state index in [9.17, 15) is 14.4 Å². The molecule has 2 heterocycles. The number of carbonyl (C=O) groups excluding carboxylic acids is 3. The van der Waals surface area contributed by atoms with Crippen LogP contribution in [0.25, 0.3) is 22.2 Å². The molecule has 2 amide bonds. The summed E-state index contributed by atoms with van der Waals surface area (Å²) in [6, 6.07) is 27.6. The Hall–Kier alpha value is -4.23. The number of aromatic amines is 1. The molecule has 1 aliphatic rings. The molecule has 4 aromatic rings. The van der Waals surface area contributed by atoms with Crippen molar-refractivity contribution in [3.05, 3.63) is 96.1 Å². The van der Waals surface area contributed by atoms with E-state index in [2.05, 4.69) is 57.3 Å². The van der Waals surface area contributed by atoms with Crippen molar-refractivity contribution in [1.29, 1.82) is 0 Å². The van der Waals surface area contributed by atoms with Gasteiger partial charge in [0.15, 0.2) is 0 Å². The Bertz CT molecular complexity index is 1530. The van der Waals surface area contributed by atoms with Gasteiger partial charge in [0.2, 0.25) is 11.8 Å². The smallest absolute Gasteiger partial charge is 0.242 e. The predicted molar refractivity (Wildman–Crippen MR) is 176 cm³/mol. The lowest BCUT2D eigenvalue weighted by Gasteiger charge is -2.33. The molecule has 2 unspecified atom stereocenters. The van der Waals surface area contributed by atoms with Gasteiger partial charge in [-0.2, -0.15) is 0 Å². The van der Waals surface area contributed by atoms with Gasteiger partial charge in [0.05, 0.1) is 6.04 Å². The quantitative estimate of drug-likeness (QED) is 0.134. The predicted octanol–water partition coefficient (Wildman–Crippen LogP) is 6.05. The summed E-state index contributed by atoms with van der Waals surface area (Å²) >= 11 is 0. The average molecular weight is 593 g/mol. The summed E-state index contributed by atoms with van der Waals surface area (Å²) in [5, 5.41) is 10.8. The highest BCUT2D eigenvalue weighted by Crippen LogP contribution is 2.31. The molecule has 0 aliphatic carbocycles. The number of unbranched alkanes of at least 4 members (excludes halogenated alkanes) is 2. The van der Waals surface area contributed by atoms with Gasteiger partial charge in [0.1, 0.15) is 11.8 Å². The van der Waals surface area contributed by atoms with Crippen molar-refractivity contribution in [2.75, 3.05) is 13.1 Å². The Kier molecular flexibility index (Phi) is 11.0. The summed E-state index contributed by atoms with van der Waals surface area (Å²) < 4.78 is 0. The van der Waals surface area contributed by atoms with Crippen molar-refractivity contribution < 1.29 is 14.4 Å². The number of ketones is 1. The standard InChI is InChI=1S/C37H44N4O3/c1-26(42)14-5-2-10-22-33(41-37(44)35-29(20-13-24-38-35)27-15-6-3-7-16-27)36(43)39-25-23-31-30-19-11-12-21-32(30)40-34(31)28-17-8-4-9-18-28/h3-4,6-9,11-12,15-19,21,29,33,35,38,40H,2,5,10,13-14,20,22-25H2,1H3,(H,39,43)(H,41,44)/t29?,33-,35?/m0/s1. The summed E-state index contributed by atoms with van der Waals surface area (Å²) in [6.45, 7) is 2.83. The maximum atomic E-state index is 13.7. The van der Waals surface area contributed by atoms with Crippen LogP contribution < -0.4 is 16.0 Å². The van der Waals surface area contributed by atoms with E-state index in [-0.39, 0.29) is 29.6 Å². The normalized spacial score (nSPS) is 17.2. The number of amides is 2. The average Bonchev–Trinajstić information content (AvgIpc) is 3.43. The molecule has 7 nitrogen and oxygen atoms in total. The number of hydrogen-bond acceptors (Lipinski definition) is 4. The minimum absolute atomic E-state index is 0.0579. The number of hydrogen-bond donors (Lipinski definition) is 4. The Morgan fingerprint density at radius 2 is 1.61 bits per heavy atom. The topological polar surface area (TPSA) is 103 Å². The van der Waals surface area contributed by atoms with Gasteiger partial charge in [0.25, 0.3) is 0 Å². The van der Waals surface area contributed by atoms with E-state index >= 15 is 0 Å². The maximum absolute atomic E-state index is 13.7. The van der Waals surface area contributed by atoms with E-state index in [1.54, 1.807) is 6.92 Å². The molecule has 0 saturated carbocycles. The molecule has 1 fully saturated rings. The van der Waals surface area contributed by atoms with Crippen LogP contribution in [-0.4, -0.2) is 47.8 Å². The molecule has 0 radical (unpaired) electrons. The monoisotopic (exact) mass is 592 g/mol. The lowest BCUT2D eigenvalue weighted by Crippen LogP contribution is -2.56. The van der Waals surface area contributed by atoms with E-state index in [4.69, 9.17) is 0 Å². The number of Topliss-reactive ketones (excluding diaryl/α,β-unsaturated/α-hetero) is 1. The summed E-state index contributed by atoms with van der Waals surface area (Å²) in [4.78, 5) is 42.3. The van der Waals surface area contributed by atoms with Crippen molar-refractivity contribution >= 4 is 28.5 Å². The highest BCUT2D eigenvalue weighted by atomic mass is 16.2. The number of benzene rings is 3. The first-order valence-electron chi connectivity index (χ1n) is 16.0. The Balaban J connectivity index is 1.27. The van der Waals surface area contributed by atoms with E-state index in [0.29, 0.717) is 25.8 Å². The van der Waals surface area contributed by atoms with Gasteiger partial charge in [-0.3, -0.25) is 9.59 Å². The van der Waals surface area contributed by atoms with Crippen molar-refractivity contribution in [2.24, 2.45) is 0 Å². The number of H-pyrrole nitrogens is 1. The summed E-state index contributed by atoms with van der Waals surface area (Å²) in [7, 11) is 0. The second-order valence-electron chi connectivity index (χ2n) is 11.9. The van der Waals surface area contributed by atoms with Crippen LogP contribution in [0, 0.1) is 0 Å². The highest BCUT2D eigenvalue weighted by molar-refractivity contribution is 5.92. The number of rotatable bonds is 14. The molecule has 1 saturated heterocycles. The van der Waals surface area contributed by atoms with Crippen molar-refractivity contribution in [3.63, 3.8) is 0 Å². The van der Waals surface area contributed by atoms with Crippen LogP contribution in [0.3, 0.4) is 0 Å². The third kappa shape index (κ3) is 8.03. The highest BCUT2D eigenvalue weighted by Gasteiger charge is 2.33. The fourth-order valence-electron chi connectivity index (χ4n) is 6.40. The molecule has 3 atom stereocenters. The first kappa shape index (κ1) is 31.2. The zero-order valence-electron chi connectivity index (χ0n) is 25.6. The zero-order chi connectivity index (χ0) is 30.7. The number of piperidine rings is 1. The second-order valence-corrected chi connectivity index (χ2v) is 11.9. The molecule has 7 heteroatoms. The molecule has 230 valence electrons. The Labute approximate surface area is 260 Å². The van der Waals surface area contributed by atoms with E-state index in [0.717, 1.165) is 71.9 Å². The SMILES string of the molecule is CC(=O)CCCCC[C@H](NC(=O)C1NCCCC1c1ccccc1)C(=O)NCCc1c(-c2ccccc2)[nH]c2ccccc12. The molecule has 1 aliphatic heterocycles. The minimum atomic E-state index is -0.642. The summed E-state index contributed by atoms with van der Waals surface area (Å²) in [5.41, 5.74) is 5.53. The molecule has 3 aromatic carbocycles. The van der Waals surface area contributed by atoms with Crippen LogP contribution in [0.15, 0.2) is 84.9 Å². The number of aromatic nitrogens is 1. The Morgan fingerprint density at radius 3 is 2.39 bits per heavy atom. The molecule has 0 spiro atoms. The van der Waals surface area contributed by atoms with Crippen LogP contribution >= 0.6 is 0 Å². The second kappa shape index (κ2) is 15.5. The van der Waals surface area contributed by atoms with E-state index in [1.165, 1.54) is 0 Å². The summed E-state index contributed by atoms with van der Waals surface area (Å²) in [5.74, 6) is -0.0684. The lowest BCUT2D eigenvalue weighted by molar-refractivity contribution is -0.130. The van der Waals surface area contributed by atoms with Crippen LogP contribution in [0.1, 0.15) is 68.9 Å². The first-order chi connectivity index (χ1) is 21.5. The molecule has 1 aromatic heterocycles. The first-order valence-corrected chi connectivity index (χ1v) is 16.0. The number of fused-ring (bicyclic) bond motifs is 1. The van der Waals surface area contributed by atoms with E-state index < -0.39 is 6.04 Å². The van der Waals surface area contributed by atoms with Gasteiger partial charge in [-0.05, 0) is 68.3 Å². The van der Waals surface area contributed by atoms with Gasteiger partial charge in [0, 0.05) is 35.5 Å². The maximum Gasteiger partial charge on any atom is 0.242 e. The number of para-hydroxylation sites is 1. The minimum Gasteiger partial charge on any atom is -0.354 e. The summed E-state index contributed by atoms with van der Waals surface area (Å²) in [6.07, 6.45) is 6.03. The molecule has 0 bridgehead atoms. The fraction of sp³-hybridized carbons (Fsp3) is 0.378. The largest absolute Gasteiger partial charge is 0.354 e. The Morgan fingerprint density at radius 1 is 0.886 bits per heavy atom. The molecular formula is C37H44N4O3. The fourth-order valence-corrected chi connectivity index (χ4v) is 6.40.